The van der Waals surface area contributed by atoms with Crippen molar-refractivity contribution >= 4 is 11.8 Å². The largest absolute Gasteiger partial charge is 0.376 e. The van der Waals surface area contributed by atoms with Gasteiger partial charge in [0.15, 0.2) is 0 Å². The molecule has 0 spiro atoms. The predicted molar refractivity (Wildman–Crippen MR) is 77.7 cm³/mol. The van der Waals surface area contributed by atoms with Gasteiger partial charge < -0.3 is 20.7 Å². The number of ether oxygens (including phenoxy) is 1. The summed E-state index contributed by atoms with van der Waals surface area (Å²) in [6, 6.07) is 5.55. The fraction of sp³-hybridized carbons (Fsp3) is 0.571. The number of carbonyl (C=O) groups excluding carboxylic acids is 1. The summed E-state index contributed by atoms with van der Waals surface area (Å²) in [5.41, 5.74) is 0. The average Bonchev–Trinajstić information content (AvgIpc) is 2.99. The number of anilines is 1. The van der Waals surface area contributed by atoms with Gasteiger partial charge in [0.05, 0.1) is 12.1 Å². The van der Waals surface area contributed by atoms with Crippen LogP contribution in [-0.4, -0.2) is 42.9 Å². The minimum absolute atomic E-state index is 0.0428. The van der Waals surface area contributed by atoms with Crippen molar-refractivity contribution in [2.75, 3.05) is 25.0 Å². The van der Waals surface area contributed by atoms with Gasteiger partial charge in [-0.1, -0.05) is 6.07 Å². The molecule has 20 heavy (non-hydrogen) atoms. The van der Waals surface area contributed by atoms with Crippen LogP contribution in [0, 0.1) is 0 Å². The van der Waals surface area contributed by atoms with E-state index >= 15 is 0 Å². The molecule has 0 aliphatic carbocycles. The van der Waals surface area contributed by atoms with Crippen LogP contribution in [0.25, 0.3) is 0 Å². The molecule has 2 rings (SSSR count). The summed E-state index contributed by atoms with van der Waals surface area (Å²) >= 11 is 0. The minimum Gasteiger partial charge on any atom is -0.376 e. The number of pyridine rings is 1. The summed E-state index contributed by atoms with van der Waals surface area (Å²) in [6.45, 7) is 3.95. The third-order valence-corrected chi connectivity index (χ3v) is 3.26. The maximum absolute atomic E-state index is 11.7. The van der Waals surface area contributed by atoms with E-state index < -0.39 is 0 Å². The van der Waals surface area contributed by atoms with Gasteiger partial charge in [0.25, 0.3) is 0 Å². The molecule has 3 N–H and O–H groups in total. The van der Waals surface area contributed by atoms with E-state index in [9.17, 15) is 4.79 Å². The highest BCUT2D eigenvalue weighted by Gasteiger charge is 2.23. The number of nitrogens with one attached hydrogen (secondary N) is 3. The van der Waals surface area contributed by atoms with E-state index in [2.05, 4.69) is 20.9 Å². The Balaban J connectivity index is 1.58. The number of amides is 2. The molecule has 1 saturated heterocycles. The molecular formula is C14H22N4O2. The van der Waals surface area contributed by atoms with E-state index in [1.165, 1.54) is 0 Å². The van der Waals surface area contributed by atoms with Crippen LogP contribution >= 0.6 is 0 Å². The molecule has 2 atom stereocenters. The Morgan fingerprint density at radius 1 is 1.50 bits per heavy atom. The number of aromatic nitrogens is 1. The molecule has 1 aliphatic rings. The molecule has 1 fully saturated rings. The smallest absolute Gasteiger partial charge is 0.315 e. The van der Waals surface area contributed by atoms with Crippen molar-refractivity contribution in [3.8, 4) is 0 Å². The van der Waals surface area contributed by atoms with E-state index in [4.69, 9.17) is 4.74 Å². The van der Waals surface area contributed by atoms with Crippen LogP contribution in [0.4, 0.5) is 10.6 Å². The van der Waals surface area contributed by atoms with Crippen LogP contribution in [0.5, 0.6) is 0 Å². The molecule has 0 bridgehead atoms. The van der Waals surface area contributed by atoms with Crippen LogP contribution in [0.1, 0.15) is 19.8 Å². The molecule has 1 aliphatic heterocycles. The van der Waals surface area contributed by atoms with E-state index in [1.54, 1.807) is 6.20 Å². The van der Waals surface area contributed by atoms with Crippen LogP contribution in [0.2, 0.25) is 0 Å². The summed E-state index contributed by atoms with van der Waals surface area (Å²) in [7, 11) is 0. The Kier molecular flexibility index (Phi) is 5.61. The molecule has 1 aromatic heterocycles. The fourth-order valence-electron chi connectivity index (χ4n) is 2.18. The van der Waals surface area contributed by atoms with Crippen molar-refractivity contribution in [1.29, 1.82) is 0 Å². The first-order chi connectivity index (χ1) is 9.75. The lowest BCUT2D eigenvalue weighted by Gasteiger charge is -2.20. The highest BCUT2D eigenvalue weighted by Crippen LogP contribution is 2.15. The monoisotopic (exact) mass is 278 g/mol. The lowest BCUT2D eigenvalue weighted by atomic mass is 10.1. The summed E-state index contributed by atoms with van der Waals surface area (Å²) < 4.78 is 5.54. The van der Waals surface area contributed by atoms with Crippen LogP contribution in [-0.2, 0) is 4.74 Å². The van der Waals surface area contributed by atoms with E-state index in [0.29, 0.717) is 13.1 Å². The van der Waals surface area contributed by atoms with E-state index in [1.807, 2.05) is 25.1 Å². The van der Waals surface area contributed by atoms with Crippen molar-refractivity contribution in [1.82, 2.24) is 15.6 Å². The first-order valence-corrected chi connectivity index (χ1v) is 7.06. The van der Waals surface area contributed by atoms with Crippen LogP contribution < -0.4 is 16.0 Å². The van der Waals surface area contributed by atoms with E-state index in [0.717, 1.165) is 25.3 Å². The molecule has 2 unspecified atom stereocenters. The fourth-order valence-corrected chi connectivity index (χ4v) is 2.18. The molecule has 6 heteroatoms. The summed E-state index contributed by atoms with van der Waals surface area (Å²) in [6.07, 6.45) is 3.97. The molecule has 0 aromatic carbocycles. The van der Waals surface area contributed by atoms with Gasteiger partial charge in [-0.05, 0) is 31.9 Å². The Labute approximate surface area is 119 Å². The molecule has 1 aromatic rings. The second-order valence-corrected chi connectivity index (χ2v) is 4.88. The molecule has 110 valence electrons. The third kappa shape index (κ3) is 4.70. The Hall–Kier alpha value is -1.82. The quantitative estimate of drug-likeness (QED) is 0.687. The van der Waals surface area contributed by atoms with Gasteiger partial charge >= 0.3 is 6.03 Å². The summed E-state index contributed by atoms with van der Waals surface area (Å²) in [5.74, 6) is 0.808. The van der Waals surface area contributed by atoms with Crippen LogP contribution in [0.15, 0.2) is 24.4 Å². The van der Waals surface area contributed by atoms with Gasteiger partial charge in [-0.2, -0.15) is 0 Å². The van der Waals surface area contributed by atoms with Crippen molar-refractivity contribution in [2.45, 2.75) is 31.9 Å². The lowest BCUT2D eigenvalue weighted by molar-refractivity contribution is 0.0860. The minimum atomic E-state index is -0.157. The van der Waals surface area contributed by atoms with Gasteiger partial charge in [0.1, 0.15) is 5.82 Å². The number of hydrogen-bond acceptors (Lipinski definition) is 4. The van der Waals surface area contributed by atoms with Gasteiger partial charge in [0, 0.05) is 25.9 Å². The first kappa shape index (κ1) is 14.6. The maximum Gasteiger partial charge on any atom is 0.315 e. The standard InChI is InChI=1S/C14H22N4O2/c1-11(12-5-4-10-20-12)18-14(19)17-9-8-16-13-6-2-3-7-15-13/h2-3,6-7,11-12H,4-5,8-10H2,1H3,(H,15,16)(H2,17,18,19). The molecule has 2 amide bonds. The zero-order chi connectivity index (χ0) is 14.2. The number of carbonyl (C=O) groups is 1. The zero-order valence-corrected chi connectivity index (χ0v) is 11.8. The zero-order valence-electron chi connectivity index (χ0n) is 11.8. The van der Waals surface area contributed by atoms with Gasteiger partial charge in [-0.25, -0.2) is 9.78 Å². The SMILES string of the molecule is CC(NC(=O)NCCNc1ccccn1)C1CCCO1. The predicted octanol–water partition coefficient (Wildman–Crippen LogP) is 1.36. The van der Waals surface area contributed by atoms with Crippen molar-refractivity contribution in [2.24, 2.45) is 0 Å². The second kappa shape index (κ2) is 7.69. The van der Waals surface area contributed by atoms with Gasteiger partial charge in [-0.3, -0.25) is 0 Å². The van der Waals surface area contributed by atoms with Crippen molar-refractivity contribution in [3.05, 3.63) is 24.4 Å². The summed E-state index contributed by atoms with van der Waals surface area (Å²) in [5, 5.41) is 8.84. The van der Waals surface area contributed by atoms with Crippen LogP contribution in [0.3, 0.4) is 0 Å². The number of rotatable bonds is 6. The van der Waals surface area contributed by atoms with E-state index in [-0.39, 0.29) is 18.2 Å². The lowest BCUT2D eigenvalue weighted by Crippen LogP contribution is -2.46. The number of hydrogen-bond donors (Lipinski definition) is 3. The molecule has 0 saturated carbocycles. The highest BCUT2D eigenvalue weighted by atomic mass is 16.5. The average molecular weight is 278 g/mol. The molecular weight excluding hydrogens is 256 g/mol. The topological polar surface area (TPSA) is 75.3 Å². The number of urea groups is 1. The molecule has 2 heterocycles. The van der Waals surface area contributed by atoms with Crippen molar-refractivity contribution < 1.29 is 9.53 Å². The maximum atomic E-state index is 11.7. The number of nitrogens with zero attached hydrogens (tertiary/aromatic N) is 1. The normalized spacial score (nSPS) is 19.4. The van der Waals surface area contributed by atoms with Gasteiger partial charge in [-0.15, -0.1) is 0 Å². The third-order valence-electron chi connectivity index (χ3n) is 3.26. The molecule has 6 nitrogen and oxygen atoms in total. The van der Waals surface area contributed by atoms with Crippen molar-refractivity contribution in [3.63, 3.8) is 0 Å². The van der Waals surface area contributed by atoms with Gasteiger partial charge in [0.2, 0.25) is 0 Å². The second-order valence-electron chi connectivity index (χ2n) is 4.88. The Morgan fingerprint density at radius 2 is 2.40 bits per heavy atom. The Morgan fingerprint density at radius 3 is 3.10 bits per heavy atom. The Bertz CT molecular complexity index is 407. The summed E-state index contributed by atoms with van der Waals surface area (Å²) in [4.78, 5) is 15.8. The highest BCUT2D eigenvalue weighted by molar-refractivity contribution is 5.74. The molecule has 0 radical (unpaired) electrons. The first-order valence-electron chi connectivity index (χ1n) is 7.06.